The standard InChI is InChI=1S/C15H22N2O3/c1-11(16)6-5-9-14(18)17-13(15(19)20)10-12-7-3-2-4-8-12/h2-4,7-8,11,13H,5-6,9-10,16H2,1H3,(H,17,18)(H,19,20). The first kappa shape index (κ1) is 16.2. The van der Waals surface area contributed by atoms with Crippen molar-refractivity contribution in [2.24, 2.45) is 5.73 Å². The lowest BCUT2D eigenvalue weighted by Crippen LogP contribution is -2.42. The SMILES string of the molecule is CC(N)CCCC(=O)NC(Cc1ccccc1)C(=O)O. The van der Waals surface area contributed by atoms with E-state index in [1.54, 1.807) is 0 Å². The average molecular weight is 278 g/mol. The lowest BCUT2D eigenvalue weighted by molar-refractivity contribution is -0.141. The van der Waals surface area contributed by atoms with E-state index in [9.17, 15) is 9.59 Å². The maximum absolute atomic E-state index is 11.7. The van der Waals surface area contributed by atoms with Crippen molar-refractivity contribution in [1.29, 1.82) is 0 Å². The Balaban J connectivity index is 2.47. The molecule has 0 aliphatic rings. The third-order valence-electron chi connectivity index (χ3n) is 2.98. The first-order valence-electron chi connectivity index (χ1n) is 6.80. The summed E-state index contributed by atoms with van der Waals surface area (Å²) in [5.74, 6) is -1.26. The second-order valence-corrected chi connectivity index (χ2v) is 5.02. The summed E-state index contributed by atoms with van der Waals surface area (Å²) >= 11 is 0. The van der Waals surface area contributed by atoms with Crippen molar-refractivity contribution in [2.75, 3.05) is 0 Å². The predicted octanol–water partition coefficient (Wildman–Crippen LogP) is 1.32. The van der Waals surface area contributed by atoms with E-state index in [1.165, 1.54) is 0 Å². The van der Waals surface area contributed by atoms with Gasteiger partial charge >= 0.3 is 5.97 Å². The maximum atomic E-state index is 11.7. The minimum Gasteiger partial charge on any atom is -0.480 e. The quantitative estimate of drug-likeness (QED) is 0.668. The van der Waals surface area contributed by atoms with Crippen molar-refractivity contribution < 1.29 is 14.7 Å². The number of benzene rings is 1. The summed E-state index contributed by atoms with van der Waals surface area (Å²) in [6, 6.07) is 8.42. The fourth-order valence-electron chi connectivity index (χ4n) is 1.90. The third-order valence-corrected chi connectivity index (χ3v) is 2.98. The molecule has 1 rings (SSSR count). The Morgan fingerprint density at radius 1 is 1.30 bits per heavy atom. The number of carbonyl (C=O) groups is 2. The number of carboxylic acid groups (broad SMARTS) is 1. The fourth-order valence-corrected chi connectivity index (χ4v) is 1.90. The number of hydrogen-bond donors (Lipinski definition) is 3. The third kappa shape index (κ3) is 6.33. The van der Waals surface area contributed by atoms with Crippen LogP contribution in [0, 0.1) is 0 Å². The van der Waals surface area contributed by atoms with Gasteiger partial charge in [-0.15, -0.1) is 0 Å². The lowest BCUT2D eigenvalue weighted by atomic mass is 10.1. The van der Waals surface area contributed by atoms with E-state index >= 15 is 0 Å². The Labute approximate surface area is 119 Å². The summed E-state index contributed by atoms with van der Waals surface area (Å²) in [5, 5.41) is 11.7. The number of nitrogens with two attached hydrogens (primary N) is 1. The van der Waals surface area contributed by atoms with Gasteiger partial charge in [0, 0.05) is 18.9 Å². The molecule has 110 valence electrons. The van der Waals surface area contributed by atoms with Gasteiger partial charge in [-0.05, 0) is 25.3 Å². The van der Waals surface area contributed by atoms with Crippen LogP contribution in [0.1, 0.15) is 31.7 Å². The first-order valence-corrected chi connectivity index (χ1v) is 6.80. The zero-order valence-corrected chi connectivity index (χ0v) is 11.7. The molecule has 5 nitrogen and oxygen atoms in total. The Morgan fingerprint density at radius 2 is 1.95 bits per heavy atom. The van der Waals surface area contributed by atoms with Crippen LogP contribution < -0.4 is 11.1 Å². The number of hydrogen-bond acceptors (Lipinski definition) is 3. The molecule has 5 heteroatoms. The second-order valence-electron chi connectivity index (χ2n) is 5.02. The monoisotopic (exact) mass is 278 g/mol. The molecule has 4 N–H and O–H groups in total. The van der Waals surface area contributed by atoms with Crippen molar-refractivity contribution in [3.63, 3.8) is 0 Å². The Kier molecular flexibility index (Phi) is 6.73. The summed E-state index contributed by atoms with van der Waals surface area (Å²) in [7, 11) is 0. The van der Waals surface area contributed by atoms with Crippen LogP contribution in [-0.2, 0) is 16.0 Å². The summed E-state index contributed by atoms with van der Waals surface area (Å²) in [6.07, 6.45) is 2.01. The van der Waals surface area contributed by atoms with Crippen LogP contribution in [0.3, 0.4) is 0 Å². The van der Waals surface area contributed by atoms with Crippen molar-refractivity contribution in [3.8, 4) is 0 Å². The van der Waals surface area contributed by atoms with Crippen LogP contribution in [0.15, 0.2) is 30.3 Å². The molecule has 0 aliphatic carbocycles. The van der Waals surface area contributed by atoms with E-state index in [0.717, 1.165) is 12.0 Å². The zero-order chi connectivity index (χ0) is 15.0. The molecule has 0 fully saturated rings. The fraction of sp³-hybridized carbons (Fsp3) is 0.467. The first-order chi connectivity index (χ1) is 9.49. The molecule has 0 radical (unpaired) electrons. The molecule has 1 aromatic carbocycles. The average Bonchev–Trinajstić information content (AvgIpc) is 2.38. The van der Waals surface area contributed by atoms with Gasteiger partial charge in [0.15, 0.2) is 0 Å². The Bertz CT molecular complexity index is 432. The van der Waals surface area contributed by atoms with E-state index in [0.29, 0.717) is 12.8 Å². The van der Waals surface area contributed by atoms with Crippen LogP contribution >= 0.6 is 0 Å². The molecular weight excluding hydrogens is 256 g/mol. The summed E-state index contributed by atoms with van der Waals surface area (Å²) in [4.78, 5) is 22.9. The molecule has 0 saturated carbocycles. The van der Waals surface area contributed by atoms with Gasteiger partial charge in [-0.1, -0.05) is 30.3 Å². The highest BCUT2D eigenvalue weighted by atomic mass is 16.4. The summed E-state index contributed by atoms with van der Waals surface area (Å²) < 4.78 is 0. The molecule has 0 aliphatic heterocycles. The zero-order valence-electron chi connectivity index (χ0n) is 11.7. The molecule has 1 amide bonds. The highest BCUT2D eigenvalue weighted by Gasteiger charge is 2.20. The topological polar surface area (TPSA) is 92.4 Å². The molecule has 1 aromatic rings. The normalized spacial score (nSPS) is 13.5. The van der Waals surface area contributed by atoms with Crippen LogP contribution in [0.2, 0.25) is 0 Å². The highest BCUT2D eigenvalue weighted by Crippen LogP contribution is 2.05. The number of rotatable bonds is 8. The molecule has 0 bridgehead atoms. The van der Waals surface area contributed by atoms with Crippen LogP contribution in [0.4, 0.5) is 0 Å². The molecule has 0 aromatic heterocycles. The Morgan fingerprint density at radius 3 is 2.50 bits per heavy atom. The molecule has 0 spiro atoms. The van der Waals surface area contributed by atoms with Gasteiger partial charge in [0.1, 0.15) is 6.04 Å². The molecule has 0 saturated heterocycles. The Hall–Kier alpha value is -1.88. The smallest absolute Gasteiger partial charge is 0.326 e. The summed E-state index contributed by atoms with van der Waals surface area (Å²) in [5.41, 5.74) is 6.49. The molecular formula is C15H22N2O3. The van der Waals surface area contributed by atoms with Crippen molar-refractivity contribution in [2.45, 2.75) is 44.7 Å². The second kappa shape index (κ2) is 8.32. The van der Waals surface area contributed by atoms with Crippen molar-refractivity contribution >= 4 is 11.9 Å². The number of nitrogens with one attached hydrogen (secondary N) is 1. The van der Waals surface area contributed by atoms with Gasteiger partial charge in [0.2, 0.25) is 5.91 Å². The lowest BCUT2D eigenvalue weighted by Gasteiger charge is -2.15. The minimum absolute atomic E-state index is 0.0578. The molecule has 20 heavy (non-hydrogen) atoms. The van der Waals surface area contributed by atoms with E-state index < -0.39 is 12.0 Å². The van der Waals surface area contributed by atoms with Crippen molar-refractivity contribution in [3.05, 3.63) is 35.9 Å². The van der Waals surface area contributed by atoms with Gasteiger partial charge in [-0.3, -0.25) is 4.79 Å². The van der Waals surface area contributed by atoms with Crippen LogP contribution in [0.5, 0.6) is 0 Å². The van der Waals surface area contributed by atoms with E-state index in [-0.39, 0.29) is 18.4 Å². The van der Waals surface area contributed by atoms with Gasteiger partial charge < -0.3 is 16.2 Å². The number of carbonyl (C=O) groups excluding carboxylic acids is 1. The minimum atomic E-state index is -1.02. The van der Waals surface area contributed by atoms with E-state index in [2.05, 4.69) is 5.32 Å². The van der Waals surface area contributed by atoms with Crippen molar-refractivity contribution in [1.82, 2.24) is 5.32 Å². The maximum Gasteiger partial charge on any atom is 0.326 e. The number of amides is 1. The summed E-state index contributed by atoms with van der Waals surface area (Å²) in [6.45, 7) is 1.88. The molecule has 2 unspecified atom stereocenters. The largest absolute Gasteiger partial charge is 0.480 e. The van der Waals surface area contributed by atoms with Gasteiger partial charge in [0.25, 0.3) is 0 Å². The molecule has 0 heterocycles. The molecule has 2 atom stereocenters. The number of aliphatic carboxylic acids is 1. The van der Waals surface area contributed by atoms with E-state index in [1.807, 2.05) is 37.3 Å². The van der Waals surface area contributed by atoms with E-state index in [4.69, 9.17) is 10.8 Å². The highest BCUT2D eigenvalue weighted by molar-refractivity contribution is 5.83. The predicted molar refractivity (Wildman–Crippen MR) is 77.2 cm³/mol. The number of carboxylic acids is 1. The van der Waals surface area contributed by atoms with Crippen LogP contribution in [0.25, 0.3) is 0 Å². The van der Waals surface area contributed by atoms with Gasteiger partial charge in [-0.2, -0.15) is 0 Å². The van der Waals surface area contributed by atoms with Crippen LogP contribution in [-0.4, -0.2) is 29.1 Å². The van der Waals surface area contributed by atoms with Gasteiger partial charge in [0.05, 0.1) is 0 Å². The van der Waals surface area contributed by atoms with Gasteiger partial charge in [-0.25, -0.2) is 4.79 Å².